The molecule has 5 heteroatoms. The Morgan fingerprint density at radius 1 is 1.26 bits per heavy atom. The summed E-state index contributed by atoms with van der Waals surface area (Å²) in [6.07, 6.45) is 8.91. The summed E-state index contributed by atoms with van der Waals surface area (Å²) < 4.78 is 23.9. The fourth-order valence-corrected chi connectivity index (χ4v) is 2.73. The molecule has 0 spiro atoms. The fraction of sp³-hybridized carbons (Fsp3) is 0.357. The molecule has 102 valence electrons. The summed E-state index contributed by atoms with van der Waals surface area (Å²) in [5.41, 5.74) is 1.02. The molecule has 1 aromatic carbocycles. The molecule has 1 aliphatic rings. The summed E-state index contributed by atoms with van der Waals surface area (Å²) >= 11 is 0. The topological polar surface area (TPSA) is 58.5 Å². The quantitative estimate of drug-likeness (QED) is 0.523. The molecule has 1 unspecified atom stereocenters. The van der Waals surface area contributed by atoms with E-state index < -0.39 is 10.0 Å². The van der Waals surface area contributed by atoms with Gasteiger partial charge < -0.3 is 0 Å². The van der Waals surface area contributed by atoms with Crippen molar-refractivity contribution < 1.29 is 8.42 Å². The molecular formula is C14H18N2O2S. The average molecular weight is 278 g/mol. The van der Waals surface area contributed by atoms with E-state index in [1.165, 1.54) is 0 Å². The van der Waals surface area contributed by atoms with Crippen LogP contribution in [0.3, 0.4) is 0 Å². The zero-order chi connectivity index (χ0) is 13.7. The highest BCUT2D eigenvalue weighted by Crippen LogP contribution is 2.16. The average Bonchev–Trinajstić information content (AvgIpc) is 2.40. The third-order valence-corrected chi connectivity index (χ3v) is 4.34. The minimum Gasteiger partial charge on any atom is -0.200 e. The molecule has 1 N–H and O–H groups in total. The normalized spacial score (nSPS) is 19.7. The van der Waals surface area contributed by atoms with E-state index in [1.54, 1.807) is 30.5 Å². The van der Waals surface area contributed by atoms with Crippen LogP contribution in [-0.2, 0) is 10.0 Å². The van der Waals surface area contributed by atoms with E-state index in [1.807, 2.05) is 6.92 Å². The number of benzene rings is 1. The maximum Gasteiger partial charge on any atom is 0.276 e. The van der Waals surface area contributed by atoms with Crippen molar-refractivity contribution in [3.8, 4) is 0 Å². The smallest absolute Gasteiger partial charge is 0.200 e. The summed E-state index contributed by atoms with van der Waals surface area (Å²) in [5, 5.41) is 3.87. The molecule has 1 aliphatic carbocycles. The van der Waals surface area contributed by atoms with Crippen LogP contribution in [0.25, 0.3) is 0 Å². The Hall–Kier alpha value is -1.62. The highest BCUT2D eigenvalue weighted by Gasteiger charge is 2.12. The predicted molar refractivity (Wildman–Crippen MR) is 76.5 cm³/mol. The highest BCUT2D eigenvalue weighted by molar-refractivity contribution is 7.89. The Morgan fingerprint density at radius 3 is 2.63 bits per heavy atom. The van der Waals surface area contributed by atoms with Crippen LogP contribution in [0.5, 0.6) is 0 Å². The zero-order valence-corrected chi connectivity index (χ0v) is 11.7. The second-order valence-corrected chi connectivity index (χ2v) is 6.39. The first kappa shape index (κ1) is 13.8. The second-order valence-electron chi connectivity index (χ2n) is 4.73. The Morgan fingerprint density at radius 2 is 2.00 bits per heavy atom. The van der Waals surface area contributed by atoms with Gasteiger partial charge in [0.05, 0.1) is 4.90 Å². The maximum absolute atomic E-state index is 11.9. The Labute approximate surface area is 114 Å². The van der Waals surface area contributed by atoms with Crippen LogP contribution >= 0.6 is 0 Å². The number of hydrazone groups is 1. The van der Waals surface area contributed by atoms with Crippen molar-refractivity contribution in [1.29, 1.82) is 0 Å². The molecule has 0 saturated heterocycles. The van der Waals surface area contributed by atoms with Gasteiger partial charge in [0.1, 0.15) is 0 Å². The number of aryl methyl sites for hydroxylation is 1. The lowest BCUT2D eigenvalue weighted by molar-refractivity contribution is 0.582. The van der Waals surface area contributed by atoms with Gasteiger partial charge in [0.2, 0.25) is 0 Å². The Bertz CT molecular complexity index is 574. The van der Waals surface area contributed by atoms with Crippen LogP contribution in [-0.4, -0.2) is 14.6 Å². The minimum absolute atomic E-state index is 0.235. The van der Waals surface area contributed by atoms with Gasteiger partial charge in [0.15, 0.2) is 0 Å². The van der Waals surface area contributed by atoms with Gasteiger partial charge in [-0.2, -0.15) is 13.5 Å². The molecule has 0 saturated carbocycles. The van der Waals surface area contributed by atoms with Gasteiger partial charge in [-0.1, -0.05) is 29.8 Å². The van der Waals surface area contributed by atoms with E-state index in [0.717, 1.165) is 24.8 Å². The zero-order valence-electron chi connectivity index (χ0n) is 10.9. The van der Waals surface area contributed by atoms with Crippen LogP contribution in [0.1, 0.15) is 24.8 Å². The molecule has 2 rings (SSSR count). The highest BCUT2D eigenvalue weighted by atomic mass is 32.2. The van der Waals surface area contributed by atoms with Gasteiger partial charge in [0.25, 0.3) is 10.0 Å². The molecular weight excluding hydrogens is 260 g/mol. The number of rotatable bonds is 4. The van der Waals surface area contributed by atoms with Gasteiger partial charge in [-0.3, -0.25) is 0 Å². The van der Waals surface area contributed by atoms with Gasteiger partial charge in [-0.15, -0.1) is 0 Å². The van der Waals surface area contributed by atoms with E-state index in [4.69, 9.17) is 0 Å². The van der Waals surface area contributed by atoms with Crippen LogP contribution < -0.4 is 4.83 Å². The largest absolute Gasteiger partial charge is 0.276 e. The first-order chi connectivity index (χ1) is 9.08. The molecule has 19 heavy (non-hydrogen) atoms. The molecule has 0 heterocycles. The SMILES string of the molecule is Cc1ccc(S(=O)(=O)NN=CC2CC=CCC2)cc1. The molecule has 0 radical (unpaired) electrons. The van der Waals surface area contributed by atoms with E-state index in [2.05, 4.69) is 22.1 Å². The van der Waals surface area contributed by atoms with Crippen molar-refractivity contribution in [1.82, 2.24) is 4.83 Å². The van der Waals surface area contributed by atoms with Crippen molar-refractivity contribution in [3.63, 3.8) is 0 Å². The number of nitrogens with zero attached hydrogens (tertiary/aromatic N) is 1. The Kier molecular flexibility index (Phi) is 4.37. The van der Waals surface area contributed by atoms with Crippen LogP contribution in [0.4, 0.5) is 0 Å². The lowest BCUT2D eigenvalue weighted by Crippen LogP contribution is -2.19. The third kappa shape index (κ3) is 3.92. The number of hydrogen-bond donors (Lipinski definition) is 1. The molecule has 4 nitrogen and oxygen atoms in total. The summed E-state index contributed by atoms with van der Waals surface area (Å²) in [7, 11) is -3.54. The summed E-state index contributed by atoms with van der Waals surface area (Å²) in [4.78, 5) is 2.49. The summed E-state index contributed by atoms with van der Waals surface area (Å²) in [6.45, 7) is 1.92. The first-order valence-corrected chi connectivity index (χ1v) is 7.83. The second kappa shape index (κ2) is 6.02. The predicted octanol–water partition coefficient (Wildman–Crippen LogP) is 2.62. The van der Waals surface area contributed by atoms with Gasteiger partial charge in [0, 0.05) is 6.21 Å². The van der Waals surface area contributed by atoms with E-state index in [-0.39, 0.29) is 4.90 Å². The lowest BCUT2D eigenvalue weighted by Gasteiger charge is -2.12. The number of allylic oxidation sites excluding steroid dienone is 2. The van der Waals surface area contributed by atoms with Crippen LogP contribution in [0.2, 0.25) is 0 Å². The standard InChI is InChI=1S/C14H18N2O2S/c1-12-7-9-14(10-8-12)19(17,18)16-15-11-13-5-3-2-4-6-13/h2-3,7-11,13,16H,4-6H2,1H3. The van der Waals surface area contributed by atoms with Crippen molar-refractivity contribution in [2.45, 2.75) is 31.1 Å². The van der Waals surface area contributed by atoms with E-state index in [9.17, 15) is 8.42 Å². The van der Waals surface area contributed by atoms with Crippen molar-refractivity contribution >= 4 is 16.2 Å². The number of hydrogen-bond acceptors (Lipinski definition) is 3. The molecule has 0 amide bonds. The monoisotopic (exact) mass is 278 g/mol. The van der Waals surface area contributed by atoms with Crippen LogP contribution in [0.15, 0.2) is 46.4 Å². The summed E-state index contributed by atoms with van der Waals surface area (Å²) in [5.74, 6) is 0.325. The summed E-state index contributed by atoms with van der Waals surface area (Å²) in [6, 6.07) is 6.70. The fourth-order valence-electron chi connectivity index (χ4n) is 1.93. The van der Waals surface area contributed by atoms with Crippen LogP contribution in [0, 0.1) is 12.8 Å². The molecule has 0 aromatic heterocycles. The molecule has 0 aliphatic heterocycles. The van der Waals surface area contributed by atoms with Gasteiger partial charge in [-0.05, 0) is 44.2 Å². The lowest BCUT2D eigenvalue weighted by atomic mass is 9.96. The van der Waals surface area contributed by atoms with Gasteiger partial charge in [-0.25, -0.2) is 4.83 Å². The van der Waals surface area contributed by atoms with E-state index in [0.29, 0.717) is 5.92 Å². The molecule has 0 bridgehead atoms. The first-order valence-electron chi connectivity index (χ1n) is 6.34. The van der Waals surface area contributed by atoms with Gasteiger partial charge >= 0.3 is 0 Å². The number of sulfonamides is 1. The number of nitrogens with one attached hydrogen (secondary N) is 1. The van der Waals surface area contributed by atoms with Crippen molar-refractivity contribution in [3.05, 3.63) is 42.0 Å². The third-order valence-electron chi connectivity index (χ3n) is 3.10. The molecule has 0 fully saturated rings. The molecule has 1 aromatic rings. The molecule has 1 atom stereocenters. The minimum atomic E-state index is -3.54. The van der Waals surface area contributed by atoms with Crippen molar-refractivity contribution in [2.24, 2.45) is 11.0 Å². The van der Waals surface area contributed by atoms with E-state index >= 15 is 0 Å². The Balaban J connectivity index is 1.99. The maximum atomic E-state index is 11.9. The van der Waals surface area contributed by atoms with Crippen molar-refractivity contribution in [2.75, 3.05) is 0 Å².